The van der Waals surface area contributed by atoms with Gasteiger partial charge < -0.3 is 0 Å². The number of unbranched alkanes of at least 4 members (excludes halogenated alkanes) is 16. The van der Waals surface area contributed by atoms with Gasteiger partial charge in [-0.3, -0.25) is 4.99 Å². The smallest absolute Gasteiger partial charge is 0.0276 e. The lowest BCUT2D eigenvalue weighted by molar-refractivity contribution is 0.558. The largest absolute Gasteiger partial charge is 0.297 e. The van der Waals surface area contributed by atoms with Crippen molar-refractivity contribution >= 4 is 5.71 Å². The van der Waals surface area contributed by atoms with Gasteiger partial charge in [0.25, 0.3) is 0 Å². The zero-order valence-corrected chi connectivity index (χ0v) is 18.1. The van der Waals surface area contributed by atoms with E-state index in [0.717, 1.165) is 0 Å². The van der Waals surface area contributed by atoms with E-state index in [1.165, 1.54) is 134 Å². The molecule has 0 aromatic carbocycles. The van der Waals surface area contributed by atoms with Crippen LogP contribution >= 0.6 is 0 Å². The van der Waals surface area contributed by atoms with Crippen LogP contribution in [-0.2, 0) is 0 Å². The van der Waals surface area contributed by atoms with Gasteiger partial charge in [-0.2, -0.15) is 0 Å². The van der Waals surface area contributed by atoms with Gasteiger partial charge in [0, 0.05) is 12.8 Å². The van der Waals surface area contributed by atoms with Gasteiger partial charge in [0.15, 0.2) is 0 Å². The first-order valence-electron chi connectivity index (χ1n) is 11.8. The third-order valence-corrected chi connectivity index (χ3v) is 5.45. The Morgan fingerprint density at radius 3 is 1.00 bits per heavy atom. The number of hydrogen-bond donors (Lipinski definition) is 0. The Morgan fingerprint density at radius 2 is 0.720 bits per heavy atom. The minimum absolute atomic E-state index is 1.25. The minimum atomic E-state index is 1.25. The molecule has 0 rings (SSSR count). The van der Waals surface area contributed by atoms with Gasteiger partial charge in [-0.15, -0.1) is 0 Å². The van der Waals surface area contributed by atoms with E-state index in [0.29, 0.717) is 0 Å². The van der Waals surface area contributed by atoms with Gasteiger partial charge >= 0.3 is 0 Å². The quantitative estimate of drug-likeness (QED) is 0.153. The average molecular weight is 352 g/mol. The van der Waals surface area contributed by atoms with Crippen molar-refractivity contribution in [1.29, 1.82) is 0 Å². The SMILES string of the molecule is CCCCCCCCCCCCC(CCCCCCCCCC)=NC. The molecule has 0 amide bonds. The molecule has 0 aromatic heterocycles. The lowest BCUT2D eigenvalue weighted by Gasteiger charge is -2.06. The van der Waals surface area contributed by atoms with Crippen molar-refractivity contribution < 1.29 is 0 Å². The second-order valence-electron chi connectivity index (χ2n) is 7.95. The molecule has 0 bridgehead atoms. The maximum absolute atomic E-state index is 4.54. The van der Waals surface area contributed by atoms with Crippen LogP contribution in [0.4, 0.5) is 0 Å². The zero-order chi connectivity index (χ0) is 18.4. The number of aliphatic imine (C=N–C) groups is 1. The van der Waals surface area contributed by atoms with Gasteiger partial charge in [-0.1, -0.05) is 117 Å². The second-order valence-corrected chi connectivity index (χ2v) is 7.95. The van der Waals surface area contributed by atoms with Crippen LogP contribution in [0.5, 0.6) is 0 Å². The van der Waals surface area contributed by atoms with E-state index in [1.807, 2.05) is 7.05 Å². The lowest BCUT2D eigenvalue weighted by Crippen LogP contribution is -1.98. The first-order chi connectivity index (χ1) is 12.3. The molecule has 1 heteroatoms. The summed E-state index contributed by atoms with van der Waals surface area (Å²) in [5, 5.41) is 0. The summed E-state index contributed by atoms with van der Waals surface area (Å²) in [6.45, 7) is 4.59. The molecule has 0 aliphatic heterocycles. The highest BCUT2D eigenvalue weighted by Gasteiger charge is 2.00. The fourth-order valence-corrected chi connectivity index (χ4v) is 3.63. The normalized spacial score (nSPS) is 12.0. The van der Waals surface area contributed by atoms with Crippen molar-refractivity contribution in [1.82, 2.24) is 0 Å². The van der Waals surface area contributed by atoms with Gasteiger partial charge in [-0.05, 0) is 25.7 Å². The van der Waals surface area contributed by atoms with Gasteiger partial charge in [0.05, 0.1) is 0 Å². The van der Waals surface area contributed by atoms with Crippen LogP contribution in [-0.4, -0.2) is 12.8 Å². The molecule has 0 radical (unpaired) electrons. The average Bonchev–Trinajstić information content (AvgIpc) is 2.63. The fraction of sp³-hybridized carbons (Fsp3) is 0.958. The highest BCUT2D eigenvalue weighted by Crippen LogP contribution is 2.14. The van der Waals surface area contributed by atoms with E-state index < -0.39 is 0 Å². The van der Waals surface area contributed by atoms with E-state index in [2.05, 4.69) is 18.8 Å². The Labute approximate surface area is 160 Å². The molecule has 0 N–H and O–H groups in total. The Kier molecular flexibility index (Phi) is 21.4. The number of rotatable bonds is 20. The predicted octanol–water partition coefficient (Wildman–Crippen LogP) is 8.90. The van der Waals surface area contributed by atoms with Crippen LogP contribution in [0, 0.1) is 0 Å². The topological polar surface area (TPSA) is 12.4 Å². The Bertz CT molecular complexity index is 269. The molecule has 0 aliphatic rings. The van der Waals surface area contributed by atoms with Crippen LogP contribution in [0.1, 0.15) is 142 Å². The van der Waals surface area contributed by atoms with Crippen molar-refractivity contribution in [3.8, 4) is 0 Å². The minimum Gasteiger partial charge on any atom is -0.297 e. The molecule has 0 aromatic rings. The molecule has 0 saturated carbocycles. The maximum Gasteiger partial charge on any atom is 0.0276 e. The second kappa shape index (κ2) is 21.7. The van der Waals surface area contributed by atoms with Crippen LogP contribution in [0.2, 0.25) is 0 Å². The molecule has 0 atom stereocenters. The molecule has 0 spiro atoms. The van der Waals surface area contributed by atoms with E-state index in [9.17, 15) is 0 Å². The standard InChI is InChI=1S/C24H49N/c1-4-6-8-10-12-14-15-17-19-21-23-24(25-3)22-20-18-16-13-11-9-7-5-2/h4-23H2,1-3H3. The number of nitrogens with zero attached hydrogens (tertiary/aromatic N) is 1. The zero-order valence-electron chi connectivity index (χ0n) is 18.1. The van der Waals surface area contributed by atoms with Crippen LogP contribution < -0.4 is 0 Å². The summed E-state index contributed by atoms with van der Waals surface area (Å²) in [4.78, 5) is 4.54. The molecule has 1 nitrogen and oxygen atoms in total. The van der Waals surface area contributed by atoms with Crippen molar-refractivity contribution in [3.05, 3.63) is 0 Å². The highest BCUT2D eigenvalue weighted by atomic mass is 14.7. The summed E-state index contributed by atoms with van der Waals surface area (Å²) in [5.74, 6) is 0. The monoisotopic (exact) mass is 351 g/mol. The molecule has 0 fully saturated rings. The Morgan fingerprint density at radius 1 is 0.440 bits per heavy atom. The van der Waals surface area contributed by atoms with Crippen molar-refractivity contribution in [3.63, 3.8) is 0 Å². The van der Waals surface area contributed by atoms with E-state index in [4.69, 9.17) is 0 Å². The molecule has 25 heavy (non-hydrogen) atoms. The summed E-state index contributed by atoms with van der Waals surface area (Å²) in [6.07, 6.45) is 28.1. The van der Waals surface area contributed by atoms with Crippen molar-refractivity contribution in [2.24, 2.45) is 4.99 Å². The summed E-state index contributed by atoms with van der Waals surface area (Å²) in [5.41, 5.74) is 1.48. The first kappa shape index (κ1) is 24.7. The third-order valence-electron chi connectivity index (χ3n) is 5.45. The van der Waals surface area contributed by atoms with Gasteiger partial charge in [0.2, 0.25) is 0 Å². The fourth-order valence-electron chi connectivity index (χ4n) is 3.63. The van der Waals surface area contributed by atoms with Crippen LogP contribution in [0.25, 0.3) is 0 Å². The molecular formula is C24H49N. The molecule has 0 unspecified atom stereocenters. The van der Waals surface area contributed by atoms with E-state index in [1.54, 1.807) is 0 Å². The molecule has 0 aliphatic carbocycles. The Hall–Kier alpha value is -0.330. The third kappa shape index (κ3) is 19.8. The maximum atomic E-state index is 4.54. The van der Waals surface area contributed by atoms with Crippen LogP contribution in [0.3, 0.4) is 0 Å². The van der Waals surface area contributed by atoms with Gasteiger partial charge in [-0.25, -0.2) is 0 Å². The molecular weight excluding hydrogens is 302 g/mol. The molecule has 0 heterocycles. The summed E-state index contributed by atoms with van der Waals surface area (Å²) >= 11 is 0. The molecule has 0 saturated heterocycles. The van der Waals surface area contributed by atoms with Crippen LogP contribution in [0.15, 0.2) is 4.99 Å². The molecule has 150 valence electrons. The van der Waals surface area contributed by atoms with Crippen molar-refractivity contribution in [2.45, 2.75) is 142 Å². The predicted molar refractivity (Wildman–Crippen MR) is 117 cm³/mol. The van der Waals surface area contributed by atoms with Crippen molar-refractivity contribution in [2.75, 3.05) is 7.05 Å². The Balaban J connectivity index is 3.31. The lowest BCUT2D eigenvalue weighted by atomic mass is 10.0. The summed E-state index contributed by atoms with van der Waals surface area (Å²) < 4.78 is 0. The van der Waals surface area contributed by atoms with Gasteiger partial charge in [0.1, 0.15) is 0 Å². The summed E-state index contributed by atoms with van der Waals surface area (Å²) in [7, 11) is 2.00. The first-order valence-corrected chi connectivity index (χ1v) is 11.8. The highest BCUT2D eigenvalue weighted by molar-refractivity contribution is 5.84. The summed E-state index contributed by atoms with van der Waals surface area (Å²) in [6, 6.07) is 0. The van der Waals surface area contributed by atoms with E-state index in [-0.39, 0.29) is 0 Å². The van der Waals surface area contributed by atoms with E-state index >= 15 is 0 Å². The number of hydrogen-bond acceptors (Lipinski definition) is 1.